The average molecular weight is 1480 g/mol. The Balaban J connectivity index is 0.865. The summed E-state index contributed by atoms with van der Waals surface area (Å²) >= 11 is 0. The largest absolute Gasteiger partial charge is 0.480 e. The summed E-state index contributed by atoms with van der Waals surface area (Å²) in [6.07, 6.45) is -10.4. The van der Waals surface area contributed by atoms with Crippen molar-refractivity contribution in [2.75, 3.05) is 29.2 Å². The number of hydrogen-bond donors (Lipinski definition) is 10. The molecule has 554 valence electrons. The number of aliphatic hydroxyl groups is 2. The number of carboxylic acids is 2. The molecule has 3 aliphatic carbocycles. The number of aliphatic hydroxyl groups excluding tert-OH is 1. The third kappa shape index (κ3) is 16.4. The normalized spacial score (nSPS) is 23.9. The molecule has 3 amide bonds. The second kappa shape index (κ2) is 32.2. The summed E-state index contributed by atoms with van der Waals surface area (Å²) in [5.41, 5.74) is -3.16. The number of esters is 5. The number of ketones is 1. The summed E-state index contributed by atoms with van der Waals surface area (Å²) in [5.74, 6) is -15.8. The van der Waals surface area contributed by atoms with E-state index < -0.39 is 186 Å². The van der Waals surface area contributed by atoms with Crippen LogP contribution in [0.25, 0.3) is 11.2 Å². The number of benzene rings is 4. The Morgan fingerprint density at radius 1 is 0.752 bits per heavy atom. The molecule has 3 heterocycles. The number of amides is 3. The number of aromatic nitrogens is 4. The Bertz CT molecular complexity index is 4440. The molecule has 0 radical (unpaired) electrons. The van der Waals surface area contributed by atoms with Gasteiger partial charge < -0.3 is 75.8 Å². The summed E-state index contributed by atoms with van der Waals surface area (Å²) < 4.78 is 37.8. The van der Waals surface area contributed by atoms with Crippen molar-refractivity contribution in [1.82, 2.24) is 35.9 Å². The van der Waals surface area contributed by atoms with E-state index in [1.165, 1.54) is 94.6 Å². The number of anilines is 2. The highest BCUT2D eigenvalue weighted by Crippen LogP contribution is 2.64. The third-order valence-corrected chi connectivity index (χ3v) is 21.7. The fourth-order valence-electron chi connectivity index (χ4n) is 14.1. The van der Waals surface area contributed by atoms with Crippen molar-refractivity contribution in [3.05, 3.63) is 171 Å². The van der Waals surface area contributed by atoms with Crippen LogP contribution in [0.3, 0.4) is 0 Å². The number of nitrogens with zero attached hydrogens (tertiary/aromatic N) is 3. The molecular formula is C72H77N9O22S2. The molecule has 2 aromatic heterocycles. The molecule has 105 heavy (non-hydrogen) atoms. The van der Waals surface area contributed by atoms with Crippen molar-refractivity contribution in [1.29, 1.82) is 0 Å². The quantitative estimate of drug-likeness (QED) is 0.0106. The average Bonchev–Trinajstić information content (AvgIpc) is 0.665. The molecular weight excluding hydrogens is 1410 g/mol. The highest BCUT2D eigenvalue weighted by molar-refractivity contribution is 8.76. The minimum absolute atomic E-state index is 0.0104. The highest BCUT2D eigenvalue weighted by Gasteiger charge is 2.81. The van der Waals surface area contributed by atoms with Gasteiger partial charge in [-0.25, -0.2) is 29.1 Å². The lowest BCUT2D eigenvalue weighted by atomic mass is 9.46. The van der Waals surface area contributed by atoms with Crippen LogP contribution >= 0.6 is 21.6 Å². The molecule has 31 nitrogen and oxygen atoms in total. The van der Waals surface area contributed by atoms with Crippen LogP contribution in [0.1, 0.15) is 122 Å². The summed E-state index contributed by atoms with van der Waals surface area (Å²) in [4.78, 5) is 181. The number of carbonyl (C=O) groups excluding carboxylic acids is 9. The number of H-pyrrole nitrogens is 1. The van der Waals surface area contributed by atoms with Crippen LogP contribution in [0.4, 0.5) is 11.6 Å². The number of carboxylic acid groups (broad SMARTS) is 2. The first-order chi connectivity index (χ1) is 49.9. The van der Waals surface area contributed by atoms with Crippen LogP contribution in [0, 0.1) is 17.3 Å². The zero-order valence-electron chi connectivity index (χ0n) is 57.6. The van der Waals surface area contributed by atoms with Gasteiger partial charge in [-0.3, -0.25) is 43.3 Å². The van der Waals surface area contributed by atoms with Gasteiger partial charge in [0.05, 0.1) is 49.0 Å². The fourth-order valence-corrected chi connectivity index (χ4v) is 16.2. The molecule has 4 aliphatic rings. The van der Waals surface area contributed by atoms with Gasteiger partial charge in [0.2, 0.25) is 17.6 Å². The predicted octanol–water partition coefficient (Wildman–Crippen LogP) is 4.51. The van der Waals surface area contributed by atoms with E-state index in [0.29, 0.717) is 11.4 Å². The maximum absolute atomic E-state index is 16.7. The van der Waals surface area contributed by atoms with Crippen LogP contribution < -0.4 is 32.6 Å². The monoisotopic (exact) mass is 1480 g/mol. The smallest absolute Gasteiger partial charge is 0.338 e. The number of fused-ring (bicyclic) bond motifs is 6. The van der Waals surface area contributed by atoms with Crippen molar-refractivity contribution in [2.24, 2.45) is 17.3 Å². The van der Waals surface area contributed by atoms with Gasteiger partial charge in [-0.05, 0) is 85.0 Å². The van der Waals surface area contributed by atoms with E-state index in [4.69, 9.17) is 34.2 Å². The van der Waals surface area contributed by atoms with E-state index in [9.17, 15) is 73.2 Å². The molecule has 1 aliphatic heterocycles. The molecule has 1 saturated heterocycles. The molecule has 2 saturated carbocycles. The first-order valence-corrected chi connectivity index (χ1v) is 35.8. The Morgan fingerprint density at radius 2 is 1.38 bits per heavy atom. The second-order valence-electron chi connectivity index (χ2n) is 26.4. The molecule has 5 unspecified atom stereocenters. The number of aromatic amines is 1. The van der Waals surface area contributed by atoms with Crippen molar-refractivity contribution < 1.29 is 102 Å². The predicted molar refractivity (Wildman–Crippen MR) is 375 cm³/mol. The lowest BCUT2D eigenvalue weighted by Gasteiger charge is -2.67. The SMILES string of the molecule is CC(=O)O[C@H]1C(=O)C2(OC(=O)CCSSCC(NC(=O)CCC(NC(=O)c3ccc(NCc4cnc5nc(N)[nH]c(=O)c5n4)cc3)C(=O)O)C(=O)O)C(C)C[C@H]3OC[C@@]3(OC(C)=O)C2[C@H](OC(=O)c2ccccc2)[C@]2(O)C[C@H](OC(=O)[C@H](O)[C@H](NC(=O)c3ccccc3)c3ccccc3)C(C)=C1C2(C)C. The van der Waals surface area contributed by atoms with Gasteiger partial charge in [0, 0.05) is 66.3 Å². The number of nitrogens with one attached hydrogen (secondary N) is 5. The topological polar surface area (TPSA) is 470 Å². The van der Waals surface area contributed by atoms with E-state index in [-0.39, 0.29) is 75.0 Å². The number of Topliss-reactive ketones (excluding diaryl/α,β-unsaturated/α-hetero) is 1. The number of nitrogen functional groups attached to an aromatic ring is 1. The van der Waals surface area contributed by atoms with Crippen LogP contribution in [0.5, 0.6) is 0 Å². The van der Waals surface area contributed by atoms with E-state index in [1.54, 1.807) is 54.6 Å². The van der Waals surface area contributed by atoms with Gasteiger partial charge in [0.15, 0.2) is 34.6 Å². The van der Waals surface area contributed by atoms with Gasteiger partial charge in [0.25, 0.3) is 17.4 Å². The molecule has 6 aromatic rings. The van der Waals surface area contributed by atoms with E-state index in [0.717, 1.165) is 35.4 Å². The molecule has 11 N–H and O–H groups in total. The molecule has 4 aromatic carbocycles. The second-order valence-corrected chi connectivity index (χ2v) is 29.0. The van der Waals surface area contributed by atoms with Crippen molar-refractivity contribution >= 4 is 110 Å². The molecule has 10 rings (SSSR count). The summed E-state index contributed by atoms with van der Waals surface area (Å²) in [5, 5.41) is 57.1. The van der Waals surface area contributed by atoms with Gasteiger partial charge in [-0.15, -0.1) is 0 Å². The number of nitrogens with two attached hydrogens (primary N) is 1. The van der Waals surface area contributed by atoms with Crippen LogP contribution in [0.15, 0.2) is 137 Å². The van der Waals surface area contributed by atoms with Crippen LogP contribution in [-0.4, -0.2) is 183 Å². The maximum atomic E-state index is 16.7. The summed E-state index contributed by atoms with van der Waals surface area (Å²) in [7, 11) is 1.85. The lowest BCUT2D eigenvalue weighted by molar-refractivity contribution is -0.351. The van der Waals surface area contributed by atoms with Crippen molar-refractivity contribution in [2.45, 2.75) is 146 Å². The van der Waals surface area contributed by atoms with Gasteiger partial charge >= 0.3 is 41.8 Å². The molecule has 13 atom stereocenters. The van der Waals surface area contributed by atoms with E-state index in [1.807, 2.05) is 0 Å². The van der Waals surface area contributed by atoms with Gasteiger partial charge in [0.1, 0.15) is 36.0 Å². The molecule has 33 heteroatoms. The number of carbonyl (C=O) groups is 11. The standard InChI is InChI=1S/C72H77N9O22S2/c1-36-30-49-70(35-98-49,102-39(4)83)57-59(101-66(95)43-20-14-9-15-21-43)71(97)31-48(100-67(96)55(86)53(40-16-10-7-11-17-40)79-62(89)41-18-12-8-13-19-41)37(2)52(69(71,5)6)56(99-38(3)82)58(87)72(36,57)103-51(85)28-29-104-105-34-47(65(93)94)77-50(84)27-26-46(64(91)92)78-61(88)42-22-24-44(25-23-42)74-32-45-33-75-60-54(76-45)63(90)81-68(73)80-60/h7-25,33,36,46-49,53,55-57,59,74,86,97H,26-32,34-35H2,1-6H3,(H,77,84)(H,78,88)(H,79,89)(H,91,92)(H,93,94)(H3,73,75,80,81,90)/t36?,46?,47?,48-,49+,53+,55+,56+,57?,59-,70-,71+,72?/m0/s1. The number of ether oxygens (including phenoxy) is 6. The van der Waals surface area contributed by atoms with Gasteiger partial charge in [-0.1, -0.05) is 109 Å². The Labute approximate surface area is 607 Å². The zero-order valence-corrected chi connectivity index (χ0v) is 59.2. The molecule has 0 spiro atoms. The lowest BCUT2D eigenvalue weighted by Crippen LogP contribution is -2.84. The maximum Gasteiger partial charge on any atom is 0.338 e. The highest BCUT2D eigenvalue weighted by atomic mass is 33.1. The number of aliphatic carboxylic acids is 2. The summed E-state index contributed by atoms with van der Waals surface area (Å²) in [6, 6.07) is 24.7. The Morgan fingerprint density at radius 3 is 2.00 bits per heavy atom. The minimum Gasteiger partial charge on any atom is -0.480 e. The zero-order chi connectivity index (χ0) is 75.9. The third-order valence-electron chi connectivity index (χ3n) is 19.3. The first kappa shape index (κ1) is 77.0. The van der Waals surface area contributed by atoms with E-state index >= 15 is 4.79 Å². The molecule has 3 fully saturated rings. The van der Waals surface area contributed by atoms with Crippen molar-refractivity contribution in [3.8, 4) is 0 Å². The van der Waals surface area contributed by atoms with E-state index in [2.05, 4.69) is 41.2 Å². The minimum atomic E-state index is -2.70. The Hall–Kier alpha value is -10.6. The molecule has 2 bridgehead atoms. The fraction of sp³-hybridized carbons (Fsp3) is 0.403. The number of rotatable bonds is 28. The number of hydrogen-bond acceptors (Lipinski definition) is 27. The van der Waals surface area contributed by atoms with Crippen LogP contribution in [-0.2, 0) is 73.3 Å². The van der Waals surface area contributed by atoms with Crippen LogP contribution in [0.2, 0.25) is 0 Å². The summed E-state index contributed by atoms with van der Waals surface area (Å²) in [6.45, 7) is 7.52. The van der Waals surface area contributed by atoms with Crippen molar-refractivity contribution in [3.63, 3.8) is 0 Å². The Kier molecular flexibility index (Phi) is 23.6. The first-order valence-electron chi connectivity index (χ1n) is 33.3. The van der Waals surface area contributed by atoms with Gasteiger partial charge in [-0.2, -0.15) is 4.98 Å².